The third-order valence-corrected chi connectivity index (χ3v) is 5.56. The van der Waals surface area contributed by atoms with E-state index in [1.807, 2.05) is 49.5 Å². The van der Waals surface area contributed by atoms with Gasteiger partial charge in [0, 0.05) is 11.6 Å². The minimum atomic E-state index is -0.300. The standard InChI is InChI=1S/C23H24N2O3/c1-14-6-5-9-20(28-2)21(14)23(27)25-22(16-11-18(26)12-16)17-10-15-7-3-4-8-19(15)24-13-17/h3-10,13,16,18,22,26H,11-12H2,1-2H3,(H,25,27)/t16?,18?,22-/m0/s1. The van der Waals surface area contributed by atoms with Gasteiger partial charge in [-0.2, -0.15) is 0 Å². The molecule has 1 aliphatic carbocycles. The lowest BCUT2D eigenvalue weighted by atomic mass is 9.75. The quantitative estimate of drug-likeness (QED) is 0.711. The van der Waals surface area contributed by atoms with Gasteiger partial charge in [-0.05, 0) is 55.0 Å². The summed E-state index contributed by atoms with van der Waals surface area (Å²) in [7, 11) is 1.57. The molecule has 0 aliphatic heterocycles. The maximum atomic E-state index is 13.1. The number of aryl methyl sites for hydroxylation is 1. The second-order valence-electron chi connectivity index (χ2n) is 7.45. The van der Waals surface area contributed by atoms with E-state index in [0.29, 0.717) is 24.2 Å². The minimum absolute atomic E-state index is 0.172. The van der Waals surface area contributed by atoms with E-state index in [1.165, 1.54) is 0 Å². The van der Waals surface area contributed by atoms with Gasteiger partial charge >= 0.3 is 0 Å². The molecular weight excluding hydrogens is 352 g/mol. The Hall–Kier alpha value is -2.92. The maximum absolute atomic E-state index is 13.1. The number of rotatable bonds is 5. The summed E-state index contributed by atoms with van der Waals surface area (Å²) in [6, 6.07) is 15.4. The van der Waals surface area contributed by atoms with Gasteiger partial charge in [-0.15, -0.1) is 0 Å². The number of ether oxygens (including phenoxy) is 1. The Balaban J connectivity index is 1.68. The highest BCUT2D eigenvalue weighted by Crippen LogP contribution is 2.39. The van der Waals surface area contributed by atoms with E-state index in [-0.39, 0.29) is 24.0 Å². The second-order valence-corrected chi connectivity index (χ2v) is 7.45. The van der Waals surface area contributed by atoms with Crippen molar-refractivity contribution in [1.82, 2.24) is 10.3 Å². The van der Waals surface area contributed by atoms with Crippen LogP contribution in [0.3, 0.4) is 0 Å². The highest BCUT2D eigenvalue weighted by molar-refractivity contribution is 5.98. The summed E-state index contributed by atoms with van der Waals surface area (Å²) in [6.07, 6.45) is 2.86. The molecule has 5 heteroatoms. The number of benzene rings is 2. The third-order valence-electron chi connectivity index (χ3n) is 5.56. The lowest BCUT2D eigenvalue weighted by Gasteiger charge is -2.38. The molecule has 1 saturated carbocycles. The summed E-state index contributed by atoms with van der Waals surface area (Å²) in [4.78, 5) is 17.7. The van der Waals surface area contributed by atoms with E-state index in [2.05, 4.69) is 16.4 Å². The number of aliphatic hydroxyl groups is 1. The van der Waals surface area contributed by atoms with Crippen LogP contribution in [0.2, 0.25) is 0 Å². The molecule has 0 radical (unpaired) electrons. The first-order chi connectivity index (χ1) is 13.6. The van der Waals surface area contributed by atoms with Gasteiger partial charge in [0.1, 0.15) is 5.75 Å². The number of amides is 1. The number of hydrogen-bond donors (Lipinski definition) is 2. The number of para-hydroxylation sites is 1. The summed E-state index contributed by atoms with van der Waals surface area (Å²) >= 11 is 0. The Morgan fingerprint density at radius 2 is 2.00 bits per heavy atom. The summed E-state index contributed by atoms with van der Waals surface area (Å²) in [6.45, 7) is 1.90. The SMILES string of the molecule is COc1cccc(C)c1C(=O)N[C@H](c1cnc2ccccc2c1)C1CC(O)C1. The minimum Gasteiger partial charge on any atom is -0.496 e. The Bertz CT molecular complexity index is 1010. The van der Waals surface area contributed by atoms with Gasteiger partial charge in [-0.3, -0.25) is 9.78 Å². The van der Waals surface area contributed by atoms with Crippen molar-refractivity contribution in [2.45, 2.75) is 31.9 Å². The molecule has 1 heterocycles. The van der Waals surface area contributed by atoms with E-state index < -0.39 is 0 Å². The number of carbonyl (C=O) groups is 1. The Morgan fingerprint density at radius 1 is 1.21 bits per heavy atom. The smallest absolute Gasteiger partial charge is 0.255 e. The lowest BCUT2D eigenvalue weighted by Crippen LogP contribution is -2.41. The van der Waals surface area contributed by atoms with Crippen molar-refractivity contribution < 1.29 is 14.6 Å². The van der Waals surface area contributed by atoms with Crippen molar-refractivity contribution in [1.29, 1.82) is 0 Å². The predicted octanol–water partition coefficient (Wildman–Crippen LogP) is 3.79. The zero-order chi connectivity index (χ0) is 19.7. The second kappa shape index (κ2) is 7.60. The van der Waals surface area contributed by atoms with Crippen LogP contribution >= 0.6 is 0 Å². The van der Waals surface area contributed by atoms with Gasteiger partial charge < -0.3 is 15.2 Å². The van der Waals surface area contributed by atoms with Gasteiger partial charge in [0.2, 0.25) is 0 Å². The van der Waals surface area contributed by atoms with Crippen molar-refractivity contribution >= 4 is 16.8 Å². The van der Waals surface area contributed by atoms with Crippen molar-refractivity contribution in [3.05, 3.63) is 71.4 Å². The Labute approximate surface area is 164 Å². The van der Waals surface area contributed by atoms with Gasteiger partial charge in [0.05, 0.1) is 30.3 Å². The molecule has 5 nitrogen and oxygen atoms in total. The Kier molecular flexibility index (Phi) is 5.01. The third kappa shape index (κ3) is 3.45. The first-order valence-electron chi connectivity index (χ1n) is 9.54. The molecule has 0 saturated heterocycles. The number of aliphatic hydroxyl groups excluding tert-OH is 1. The van der Waals surface area contributed by atoms with Gasteiger partial charge in [0.15, 0.2) is 0 Å². The Morgan fingerprint density at radius 3 is 2.75 bits per heavy atom. The number of hydrogen-bond acceptors (Lipinski definition) is 4. The van der Waals surface area contributed by atoms with E-state index >= 15 is 0 Å². The van der Waals surface area contributed by atoms with Crippen LogP contribution in [-0.2, 0) is 0 Å². The van der Waals surface area contributed by atoms with Crippen LogP contribution in [0.15, 0.2) is 54.7 Å². The van der Waals surface area contributed by atoms with Crippen LogP contribution in [-0.4, -0.2) is 29.2 Å². The average Bonchev–Trinajstić information content (AvgIpc) is 2.69. The summed E-state index contributed by atoms with van der Waals surface area (Å²) in [5.74, 6) is 0.563. The highest BCUT2D eigenvalue weighted by atomic mass is 16.5. The van der Waals surface area contributed by atoms with Crippen LogP contribution in [0.5, 0.6) is 5.75 Å². The number of aromatic nitrogens is 1. The molecule has 0 spiro atoms. The highest BCUT2D eigenvalue weighted by Gasteiger charge is 2.36. The molecular formula is C23H24N2O3. The molecule has 4 rings (SSSR count). The number of fused-ring (bicyclic) bond motifs is 1. The zero-order valence-electron chi connectivity index (χ0n) is 16.1. The van der Waals surface area contributed by atoms with Crippen LogP contribution in [0, 0.1) is 12.8 Å². The largest absolute Gasteiger partial charge is 0.496 e. The molecule has 3 aromatic rings. The fourth-order valence-corrected chi connectivity index (χ4v) is 3.95. The number of methoxy groups -OCH3 is 1. The molecule has 2 aromatic carbocycles. The van der Waals surface area contributed by atoms with Crippen LogP contribution in [0.1, 0.15) is 40.4 Å². The van der Waals surface area contributed by atoms with Crippen molar-refractivity contribution in [2.24, 2.45) is 5.92 Å². The summed E-state index contributed by atoms with van der Waals surface area (Å²) in [5.41, 5.74) is 3.28. The van der Waals surface area contributed by atoms with E-state index in [0.717, 1.165) is 22.0 Å². The number of nitrogens with zero attached hydrogens (tertiary/aromatic N) is 1. The monoisotopic (exact) mass is 376 g/mol. The molecule has 1 aromatic heterocycles. The topological polar surface area (TPSA) is 71.5 Å². The van der Waals surface area contributed by atoms with Gasteiger partial charge in [0.25, 0.3) is 5.91 Å². The van der Waals surface area contributed by atoms with E-state index in [4.69, 9.17) is 4.74 Å². The van der Waals surface area contributed by atoms with Gasteiger partial charge in [-0.1, -0.05) is 30.3 Å². The molecule has 0 bridgehead atoms. The molecule has 1 aliphatic rings. The fraction of sp³-hybridized carbons (Fsp3) is 0.304. The van der Waals surface area contributed by atoms with Crippen LogP contribution in [0.25, 0.3) is 10.9 Å². The van der Waals surface area contributed by atoms with Crippen molar-refractivity contribution in [2.75, 3.05) is 7.11 Å². The first-order valence-corrected chi connectivity index (χ1v) is 9.54. The fourth-order valence-electron chi connectivity index (χ4n) is 3.95. The predicted molar refractivity (Wildman–Crippen MR) is 108 cm³/mol. The number of carbonyl (C=O) groups excluding carboxylic acids is 1. The lowest BCUT2D eigenvalue weighted by molar-refractivity contribution is 0.0234. The number of nitrogens with one attached hydrogen (secondary N) is 1. The van der Waals surface area contributed by atoms with Crippen molar-refractivity contribution in [3.63, 3.8) is 0 Å². The molecule has 1 fully saturated rings. The normalized spacial score (nSPS) is 19.7. The first kappa shape index (κ1) is 18.4. The summed E-state index contributed by atoms with van der Waals surface area (Å²) in [5, 5.41) is 14.0. The molecule has 28 heavy (non-hydrogen) atoms. The van der Waals surface area contributed by atoms with E-state index in [9.17, 15) is 9.90 Å². The number of pyridine rings is 1. The molecule has 0 unspecified atom stereocenters. The van der Waals surface area contributed by atoms with Crippen LogP contribution < -0.4 is 10.1 Å². The van der Waals surface area contributed by atoms with Crippen molar-refractivity contribution in [3.8, 4) is 5.75 Å². The molecule has 2 N–H and O–H groups in total. The van der Waals surface area contributed by atoms with Gasteiger partial charge in [-0.25, -0.2) is 0 Å². The molecule has 1 amide bonds. The zero-order valence-corrected chi connectivity index (χ0v) is 16.1. The maximum Gasteiger partial charge on any atom is 0.255 e. The summed E-state index contributed by atoms with van der Waals surface area (Å²) < 4.78 is 5.40. The van der Waals surface area contributed by atoms with E-state index in [1.54, 1.807) is 13.2 Å². The average molecular weight is 376 g/mol. The van der Waals surface area contributed by atoms with Crippen LogP contribution in [0.4, 0.5) is 0 Å². The molecule has 144 valence electrons. The molecule has 1 atom stereocenters.